The highest BCUT2D eigenvalue weighted by molar-refractivity contribution is 6.31. The second-order valence-electron chi connectivity index (χ2n) is 8.60. The van der Waals surface area contributed by atoms with Gasteiger partial charge in [-0.3, -0.25) is 9.59 Å². The molecule has 2 bridgehead atoms. The van der Waals surface area contributed by atoms with Gasteiger partial charge in [0.25, 0.3) is 11.8 Å². The average molecular weight is 357 g/mol. The van der Waals surface area contributed by atoms with Crippen LogP contribution in [0, 0.1) is 10.8 Å². The Morgan fingerprint density at radius 2 is 2.00 bits per heavy atom. The summed E-state index contributed by atoms with van der Waals surface area (Å²) >= 11 is 0. The number of fused-ring (bicyclic) bond motifs is 2. The van der Waals surface area contributed by atoms with Crippen molar-refractivity contribution in [1.29, 1.82) is 0 Å². The molecule has 26 heavy (non-hydrogen) atoms. The molecule has 1 aliphatic carbocycles. The fourth-order valence-electron chi connectivity index (χ4n) is 4.71. The molecule has 2 fully saturated rings. The van der Waals surface area contributed by atoms with Gasteiger partial charge in [-0.15, -0.1) is 0 Å². The van der Waals surface area contributed by atoms with E-state index in [1.165, 1.54) is 0 Å². The summed E-state index contributed by atoms with van der Waals surface area (Å²) in [5, 5.41) is 6.29. The Morgan fingerprint density at radius 3 is 2.73 bits per heavy atom. The van der Waals surface area contributed by atoms with Crippen molar-refractivity contribution in [3.8, 4) is 0 Å². The molecule has 2 aliphatic rings. The van der Waals surface area contributed by atoms with Gasteiger partial charge in [-0.05, 0) is 42.2 Å². The number of para-hydroxylation sites is 1. The van der Waals surface area contributed by atoms with E-state index in [-0.39, 0.29) is 29.4 Å². The molecule has 1 saturated heterocycles. The molecule has 1 aliphatic heterocycles. The van der Waals surface area contributed by atoms with Crippen molar-refractivity contribution in [2.24, 2.45) is 16.0 Å². The maximum atomic E-state index is 12.5. The van der Waals surface area contributed by atoms with Gasteiger partial charge in [-0.25, -0.2) is 0 Å². The van der Waals surface area contributed by atoms with Gasteiger partial charge >= 0.3 is 0 Å². The quantitative estimate of drug-likeness (QED) is 0.650. The Morgan fingerprint density at radius 1 is 1.27 bits per heavy atom. The van der Waals surface area contributed by atoms with E-state index in [1.807, 2.05) is 23.1 Å². The highest BCUT2D eigenvalue weighted by Crippen LogP contribution is 2.52. The lowest BCUT2D eigenvalue weighted by atomic mass is 9.65. The lowest BCUT2D eigenvalue weighted by Gasteiger charge is -2.39. The molecule has 6 heteroatoms. The monoisotopic (exact) mass is 357 g/mol. The third-order valence-corrected chi connectivity index (χ3v) is 5.21. The van der Waals surface area contributed by atoms with Crippen LogP contribution in [0.15, 0.2) is 35.5 Å². The van der Waals surface area contributed by atoms with Crippen molar-refractivity contribution in [3.05, 3.63) is 30.3 Å². The number of amides is 2. The summed E-state index contributed by atoms with van der Waals surface area (Å²) in [6.07, 6.45) is 4.27. The highest BCUT2D eigenvalue weighted by Gasteiger charge is 2.50. The van der Waals surface area contributed by atoms with E-state index >= 15 is 0 Å². The second kappa shape index (κ2) is 7.09. The van der Waals surface area contributed by atoms with Gasteiger partial charge in [-0.2, -0.15) is 0 Å². The van der Waals surface area contributed by atoms with Crippen molar-refractivity contribution in [2.45, 2.75) is 46.1 Å². The molecule has 2 atom stereocenters. The molecule has 1 aromatic carbocycles. The van der Waals surface area contributed by atoms with Crippen LogP contribution in [-0.4, -0.2) is 42.1 Å². The fourth-order valence-corrected chi connectivity index (χ4v) is 4.71. The Kier molecular flexibility index (Phi) is 5.03. The fraction of sp³-hybridized carbons (Fsp3) is 0.550. The molecule has 0 radical (unpaired) electrons. The number of hydrogen-bond donors (Lipinski definition) is 1. The Bertz CT molecular complexity index is 702. The van der Waals surface area contributed by atoms with Crippen LogP contribution in [-0.2, 0) is 14.4 Å². The SMILES string of the molecule is CC1(C)C[C@@H]2C[C@@](C)(CN2C(=O)CO/N=C\C(=O)Nc2ccccc2)C1. The van der Waals surface area contributed by atoms with Crippen LogP contribution in [0.5, 0.6) is 0 Å². The normalized spacial score (nSPS) is 26.7. The summed E-state index contributed by atoms with van der Waals surface area (Å²) < 4.78 is 0. The van der Waals surface area contributed by atoms with Crippen molar-refractivity contribution < 1.29 is 14.4 Å². The zero-order chi connectivity index (χ0) is 18.8. The molecule has 140 valence electrons. The smallest absolute Gasteiger partial charge is 0.270 e. The van der Waals surface area contributed by atoms with Crippen molar-refractivity contribution >= 4 is 23.7 Å². The molecule has 3 rings (SSSR count). The van der Waals surface area contributed by atoms with Crippen LogP contribution < -0.4 is 5.32 Å². The summed E-state index contributed by atoms with van der Waals surface area (Å²) in [5.41, 5.74) is 1.14. The van der Waals surface area contributed by atoms with Gasteiger partial charge in [0.05, 0.1) is 0 Å². The van der Waals surface area contributed by atoms with Gasteiger partial charge in [0.15, 0.2) is 6.61 Å². The molecule has 1 heterocycles. The number of anilines is 1. The molecule has 0 spiro atoms. The molecule has 0 unspecified atom stereocenters. The van der Waals surface area contributed by atoms with E-state index in [0.29, 0.717) is 5.69 Å². The third kappa shape index (κ3) is 4.42. The molecule has 1 aromatic rings. The molecule has 1 N–H and O–H groups in total. The van der Waals surface area contributed by atoms with Crippen molar-refractivity contribution in [2.75, 3.05) is 18.5 Å². The number of oxime groups is 1. The number of hydrogen-bond acceptors (Lipinski definition) is 4. The standard InChI is InChI=1S/C20H27N3O3/c1-19(2)9-16-10-20(3,13-19)14-23(16)18(25)12-26-21-11-17(24)22-15-7-5-4-6-8-15/h4-8,11,16H,9-10,12-14H2,1-3H3,(H,22,24)/b21-11-/t16-,20-/m1/s1. The Balaban J connectivity index is 1.47. The topological polar surface area (TPSA) is 71.0 Å². The van der Waals surface area contributed by atoms with Crippen LogP contribution in [0.1, 0.15) is 40.0 Å². The zero-order valence-corrected chi connectivity index (χ0v) is 15.7. The number of rotatable bonds is 5. The van der Waals surface area contributed by atoms with Gasteiger partial charge < -0.3 is 15.1 Å². The van der Waals surface area contributed by atoms with Crippen LogP contribution in [0.25, 0.3) is 0 Å². The number of likely N-dealkylation sites (tertiary alicyclic amines) is 1. The summed E-state index contributed by atoms with van der Waals surface area (Å²) in [6, 6.07) is 9.37. The molecular formula is C20H27N3O3. The van der Waals surface area contributed by atoms with Crippen LogP contribution >= 0.6 is 0 Å². The number of benzene rings is 1. The minimum atomic E-state index is -0.394. The van der Waals surface area contributed by atoms with Gasteiger partial charge in [0, 0.05) is 18.3 Å². The Hall–Kier alpha value is -2.37. The van der Waals surface area contributed by atoms with E-state index < -0.39 is 5.91 Å². The summed E-state index contributed by atoms with van der Waals surface area (Å²) in [5.74, 6) is -0.452. The number of nitrogens with one attached hydrogen (secondary N) is 1. The molecular weight excluding hydrogens is 330 g/mol. The minimum Gasteiger partial charge on any atom is -0.386 e. The molecule has 1 saturated carbocycles. The average Bonchev–Trinajstić information content (AvgIpc) is 2.81. The van der Waals surface area contributed by atoms with Gasteiger partial charge in [-0.1, -0.05) is 44.1 Å². The summed E-state index contributed by atoms with van der Waals surface area (Å²) in [6.45, 7) is 7.46. The van der Waals surface area contributed by atoms with Crippen molar-refractivity contribution in [1.82, 2.24) is 4.90 Å². The van der Waals surface area contributed by atoms with E-state index in [1.54, 1.807) is 12.1 Å². The zero-order valence-electron chi connectivity index (χ0n) is 15.7. The second-order valence-corrected chi connectivity index (χ2v) is 8.60. The highest BCUT2D eigenvalue weighted by atomic mass is 16.6. The first-order valence-corrected chi connectivity index (χ1v) is 9.07. The third-order valence-electron chi connectivity index (χ3n) is 5.21. The first-order chi connectivity index (χ1) is 12.3. The first-order valence-electron chi connectivity index (χ1n) is 9.07. The van der Waals surface area contributed by atoms with Crippen molar-refractivity contribution in [3.63, 3.8) is 0 Å². The van der Waals surface area contributed by atoms with Gasteiger partial charge in [0.1, 0.15) is 6.21 Å². The summed E-state index contributed by atoms with van der Waals surface area (Å²) in [7, 11) is 0. The van der Waals surface area contributed by atoms with E-state index in [2.05, 4.69) is 31.2 Å². The van der Waals surface area contributed by atoms with Crippen LogP contribution in [0.4, 0.5) is 5.69 Å². The number of carbonyl (C=O) groups is 2. The number of nitrogens with zero attached hydrogens (tertiary/aromatic N) is 2. The predicted molar refractivity (Wildman–Crippen MR) is 101 cm³/mol. The largest absolute Gasteiger partial charge is 0.386 e. The van der Waals surface area contributed by atoms with Gasteiger partial charge in [0.2, 0.25) is 0 Å². The lowest BCUT2D eigenvalue weighted by Crippen LogP contribution is -2.39. The number of carbonyl (C=O) groups excluding carboxylic acids is 2. The predicted octanol–water partition coefficient (Wildman–Crippen LogP) is 3.05. The lowest BCUT2D eigenvalue weighted by molar-refractivity contribution is -0.137. The maximum absolute atomic E-state index is 12.5. The van der Waals surface area contributed by atoms with E-state index in [0.717, 1.165) is 32.0 Å². The molecule has 0 aromatic heterocycles. The maximum Gasteiger partial charge on any atom is 0.270 e. The summed E-state index contributed by atoms with van der Waals surface area (Å²) in [4.78, 5) is 31.3. The Labute approximate surface area is 154 Å². The minimum absolute atomic E-state index is 0.0583. The first kappa shape index (κ1) is 18.4. The molecule has 2 amide bonds. The van der Waals surface area contributed by atoms with Crippen LogP contribution in [0.3, 0.4) is 0 Å². The molecule has 6 nitrogen and oxygen atoms in total. The van der Waals surface area contributed by atoms with E-state index in [9.17, 15) is 9.59 Å². The van der Waals surface area contributed by atoms with Crippen LogP contribution in [0.2, 0.25) is 0 Å². The van der Waals surface area contributed by atoms with E-state index in [4.69, 9.17) is 4.84 Å².